The molecule has 0 saturated carbocycles. The number of carboxylic acid groups (broad SMARTS) is 1. The lowest BCUT2D eigenvalue weighted by molar-refractivity contribution is -0.141. The Hall–Kier alpha value is -1.47. The number of methoxy groups -OCH3 is 1. The van der Waals surface area contributed by atoms with Gasteiger partial charge in [-0.2, -0.15) is 0 Å². The third-order valence-electron chi connectivity index (χ3n) is 3.51. The minimum Gasteiger partial charge on any atom is -0.480 e. The predicted molar refractivity (Wildman–Crippen MR) is 74.0 cm³/mol. The molecule has 0 unspecified atom stereocenters. The number of hydrogen-bond donors (Lipinski definition) is 1. The SMILES string of the molecule is CO[C@H](C)c1nc(C)c(C(=O)N2CCC[C@@H]2C(=O)O)s1. The quantitative estimate of drug-likeness (QED) is 0.917. The third kappa shape index (κ3) is 2.69. The van der Waals surface area contributed by atoms with Crippen LogP contribution in [0.1, 0.15) is 46.2 Å². The fourth-order valence-corrected chi connectivity index (χ4v) is 3.34. The Labute approximate surface area is 121 Å². The Morgan fingerprint density at radius 2 is 2.25 bits per heavy atom. The van der Waals surface area contributed by atoms with Gasteiger partial charge in [0.15, 0.2) is 0 Å². The van der Waals surface area contributed by atoms with E-state index in [-0.39, 0.29) is 12.0 Å². The highest BCUT2D eigenvalue weighted by Crippen LogP contribution is 2.28. The summed E-state index contributed by atoms with van der Waals surface area (Å²) in [6.45, 7) is 4.12. The Kier molecular flexibility index (Phi) is 4.39. The second-order valence-corrected chi connectivity index (χ2v) is 5.87. The highest BCUT2D eigenvalue weighted by molar-refractivity contribution is 7.13. The number of hydrogen-bond acceptors (Lipinski definition) is 5. The van der Waals surface area contributed by atoms with E-state index in [1.165, 1.54) is 16.2 Å². The molecule has 1 fully saturated rings. The standard InChI is InChI=1S/C13H18N2O4S/c1-7-10(20-11(14-7)8(2)19-3)12(16)15-6-4-5-9(15)13(17)18/h8-9H,4-6H2,1-3H3,(H,17,18)/t8-,9-/m1/s1. The summed E-state index contributed by atoms with van der Waals surface area (Å²) < 4.78 is 5.20. The van der Waals surface area contributed by atoms with Gasteiger partial charge in [0.05, 0.1) is 5.69 Å². The van der Waals surface area contributed by atoms with Crippen LogP contribution in [-0.2, 0) is 9.53 Å². The van der Waals surface area contributed by atoms with E-state index in [0.29, 0.717) is 23.5 Å². The van der Waals surface area contributed by atoms with Crippen LogP contribution in [0, 0.1) is 6.92 Å². The van der Waals surface area contributed by atoms with Crippen LogP contribution >= 0.6 is 11.3 Å². The van der Waals surface area contributed by atoms with E-state index >= 15 is 0 Å². The summed E-state index contributed by atoms with van der Waals surface area (Å²) in [5, 5.41) is 9.89. The van der Waals surface area contributed by atoms with Crippen LogP contribution in [0.25, 0.3) is 0 Å². The first-order valence-corrected chi connectivity index (χ1v) is 7.31. The van der Waals surface area contributed by atoms with Gasteiger partial charge in [0.2, 0.25) is 0 Å². The highest BCUT2D eigenvalue weighted by atomic mass is 32.1. The van der Waals surface area contributed by atoms with Gasteiger partial charge in [-0.15, -0.1) is 11.3 Å². The van der Waals surface area contributed by atoms with Crippen molar-refractivity contribution in [3.8, 4) is 0 Å². The number of aliphatic carboxylic acids is 1. The van der Waals surface area contributed by atoms with Crippen molar-refractivity contribution in [3.63, 3.8) is 0 Å². The van der Waals surface area contributed by atoms with Crippen molar-refractivity contribution >= 4 is 23.2 Å². The first-order chi connectivity index (χ1) is 9.45. The minimum atomic E-state index is -0.941. The summed E-state index contributed by atoms with van der Waals surface area (Å²) in [5.74, 6) is -1.18. The van der Waals surface area contributed by atoms with Crippen LogP contribution in [0.5, 0.6) is 0 Å². The van der Waals surface area contributed by atoms with Gasteiger partial charge in [-0.3, -0.25) is 4.79 Å². The van der Waals surface area contributed by atoms with Gasteiger partial charge in [-0.1, -0.05) is 0 Å². The fraction of sp³-hybridized carbons (Fsp3) is 0.615. The Morgan fingerprint density at radius 3 is 2.85 bits per heavy atom. The van der Waals surface area contributed by atoms with Crippen LogP contribution in [0.2, 0.25) is 0 Å². The molecule has 1 saturated heterocycles. The molecule has 1 amide bonds. The van der Waals surface area contributed by atoms with Gasteiger partial charge in [0, 0.05) is 13.7 Å². The Balaban J connectivity index is 2.25. The average molecular weight is 298 g/mol. The second-order valence-electron chi connectivity index (χ2n) is 4.84. The zero-order valence-corrected chi connectivity index (χ0v) is 12.6. The van der Waals surface area contributed by atoms with Crippen molar-refractivity contribution in [2.75, 3.05) is 13.7 Å². The smallest absolute Gasteiger partial charge is 0.326 e. The fourth-order valence-electron chi connectivity index (χ4n) is 2.29. The molecule has 2 atom stereocenters. The largest absolute Gasteiger partial charge is 0.480 e. The number of aryl methyl sites for hydroxylation is 1. The van der Waals surface area contributed by atoms with Crippen molar-refractivity contribution in [2.45, 2.75) is 38.8 Å². The molecule has 110 valence electrons. The monoisotopic (exact) mass is 298 g/mol. The minimum absolute atomic E-state index is 0.172. The van der Waals surface area contributed by atoms with Crippen LogP contribution < -0.4 is 0 Å². The van der Waals surface area contributed by atoms with E-state index in [4.69, 9.17) is 9.84 Å². The molecule has 0 aromatic carbocycles. The number of carboxylic acids is 1. The number of likely N-dealkylation sites (tertiary alicyclic amines) is 1. The van der Waals surface area contributed by atoms with E-state index in [9.17, 15) is 9.59 Å². The molecule has 2 rings (SSSR count). The molecule has 7 heteroatoms. The summed E-state index contributed by atoms with van der Waals surface area (Å²) in [4.78, 5) is 30.0. The molecule has 1 aliphatic heterocycles. The van der Waals surface area contributed by atoms with Gasteiger partial charge in [0.25, 0.3) is 5.91 Å². The molecule has 1 aliphatic rings. The molecule has 20 heavy (non-hydrogen) atoms. The molecular weight excluding hydrogens is 280 g/mol. The normalized spacial score (nSPS) is 20.1. The Bertz CT molecular complexity index is 528. The zero-order chi connectivity index (χ0) is 14.9. The molecule has 1 N–H and O–H groups in total. The van der Waals surface area contributed by atoms with E-state index in [1.807, 2.05) is 6.92 Å². The molecule has 1 aromatic rings. The van der Waals surface area contributed by atoms with Crippen LogP contribution in [0.15, 0.2) is 0 Å². The number of aromatic nitrogens is 1. The lowest BCUT2D eigenvalue weighted by atomic mass is 10.2. The van der Waals surface area contributed by atoms with Crippen LogP contribution in [-0.4, -0.2) is 46.6 Å². The van der Waals surface area contributed by atoms with E-state index in [1.54, 1.807) is 14.0 Å². The topological polar surface area (TPSA) is 79.7 Å². The summed E-state index contributed by atoms with van der Waals surface area (Å²) in [6.07, 6.45) is 1.07. The van der Waals surface area contributed by atoms with Gasteiger partial charge in [-0.25, -0.2) is 9.78 Å². The second kappa shape index (κ2) is 5.88. The first kappa shape index (κ1) is 14.9. The number of rotatable bonds is 4. The summed E-state index contributed by atoms with van der Waals surface area (Å²) in [7, 11) is 1.59. The maximum absolute atomic E-state index is 12.5. The highest BCUT2D eigenvalue weighted by Gasteiger charge is 2.36. The molecule has 2 heterocycles. The van der Waals surface area contributed by atoms with Crippen molar-refractivity contribution in [1.82, 2.24) is 9.88 Å². The van der Waals surface area contributed by atoms with E-state index in [0.717, 1.165) is 11.4 Å². The number of carbonyl (C=O) groups excluding carboxylic acids is 1. The molecule has 0 aliphatic carbocycles. The predicted octanol–water partition coefficient (Wildman–Crippen LogP) is 1.85. The first-order valence-electron chi connectivity index (χ1n) is 6.49. The summed E-state index contributed by atoms with van der Waals surface area (Å²) in [5.41, 5.74) is 0.634. The van der Waals surface area contributed by atoms with Crippen LogP contribution in [0.3, 0.4) is 0 Å². The number of ether oxygens (including phenoxy) is 1. The Morgan fingerprint density at radius 1 is 1.55 bits per heavy atom. The molecular formula is C13H18N2O4S. The number of amides is 1. The van der Waals surface area contributed by atoms with E-state index in [2.05, 4.69) is 4.98 Å². The molecule has 0 bridgehead atoms. The lowest BCUT2D eigenvalue weighted by Crippen LogP contribution is -2.40. The third-order valence-corrected chi connectivity index (χ3v) is 4.81. The van der Waals surface area contributed by atoms with Crippen LogP contribution in [0.4, 0.5) is 0 Å². The van der Waals surface area contributed by atoms with Gasteiger partial charge in [0.1, 0.15) is 22.0 Å². The van der Waals surface area contributed by atoms with Crippen molar-refractivity contribution in [3.05, 3.63) is 15.6 Å². The number of nitrogens with zero attached hydrogens (tertiary/aromatic N) is 2. The maximum Gasteiger partial charge on any atom is 0.326 e. The van der Waals surface area contributed by atoms with Gasteiger partial charge in [-0.05, 0) is 26.7 Å². The van der Waals surface area contributed by atoms with E-state index < -0.39 is 12.0 Å². The molecule has 6 nitrogen and oxygen atoms in total. The number of thiazole rings is 1. The zero-order valence-electron chi connectivity index (χ0n) is 11.8. The van der Waals surface area contributed by atoms with Crippen molar-refractivity contribution < 1.29 is 19.4 Å². The van der Waals surface area contributed by atoms with Crippen molar-refractivity contribution in [2.24, 2.45) is 0 Å². The van der Waals surface area contributed by atoms with Gasteiger partial charge < -0.3 is 14.7 Å². The summed E-state index contributed by atoms with van der Waals surface area (Å²) >= 11 is 1.28. The average Bonchev–Trinajstić information content (AvgIpc) is 3.03. The maximum atomic E-state index is 12.5. The number of carbonyl (C=O) groups is 2. The summed E-state index contributed by atoms with van der Waals surface area (Å²) in [6, 6.07) is -0.715. The molecule has 0 spiro atoms. The lowest BCUT2D eigenvalue weighted by Gasteiger charge is -2.20. The van der Waals surface area contributed by atoms with Gasteiger partial charge >= 0.3 is 5.97 Å². The molecule has 1 aromatic heterocycles. The molecule has 0 radical (unpaired) electrons. The van der Waals surface area contributed by atoms with Crippen molar-refractivity contribution in [1.29, 1.82) is 0 Å².